The Kier molecular flexibility index (Phi) is 3.99. The normalized spacial score (nSPS) is 10.1. The summed E-state index contributed by atoms with van der Waals surface area (Å²) < 4.78 is 2.02. The van der Waals surface area contributed by atoms with E-state index in [0.717, 1.165) is 31.5 Å². The highest BCUT2D eigenvalue weighted by molar-refractivity contribution is 5.21. The first-order chi connectivity index (χ1) is 8.40. The Hall–Kier alpha value is -2.01. The van der Waals surface area contributed by atoms with Crippen LogP contribution in [0.4, 0.5) is 0 Å². The molecule has 0 atom stereocenters. The summed E-state index contributed by atoms with van der Waals surface area (Å²) >= 11 is 0. The van der Waals surface area contributed by atoms with Crippen molar-refractivity contribution in [3.05, 3.63) is 59.9 Å². The summed E-state index contributed by atoms with van der Waals surface area (Å²) in [6.07, 6.45) is 5.36. The van der Waals surface area contributed by atoms with Crippen LogP contribution in [0.2, 0.25) is 0 Å². The maximum absolute atomic E-state index is 8.87. The predicted molar refractivity (Wildman–Crippen MR) is 68.5 cm³/mol. The molecule has 1 heterocycles. The minimum absolute atomic E-state index is 0.754. The highest BCUT2D eigenvalue weighted by Gasteiger charge is 1.98. The molecule has 2 aromatic rings. The van der Waals surface area contributed by atoms with Crippen LogP contribution >= 0.6 is 0 Å². The first-order valence-corrected chi connectivity index (χ1v) is 5.99. The standard InChI is InChI=1S/C15H16N2/c16-13-15-10-6-12-17(15)11-5-4-9-14-7-2-1-3-8-14/h1-3,6-8,10,12H,4-5,9,11H2. The van der Waals surface area contributed by atoms with E-state index in [-0.39, 0.29) is 0 Å². The van der Waals surface area contributed by atoms with E-state index in [1.54, 1.807) is 0 Å². The molecule has 2 nitrogen and oxygen atoms in total. The molecule has 0 aliphatic carbocycles. The molecule has 0 amide bonds. The van der Waals surface area contributed by atoms with Gasteiger partial charge in [-0.15, -0.1) is 0 Å². The molecular weight excluding hydrogens is 208 g/mol. The lowest BCUT2D eigenvalue weighted by molar-refractivity contribution is 0.607. The third-order valence-electron chi connectivity index (χ3n) is 2.90. The summed E-state index contributed by atoms with van der Waals surface area (Å²) in [7, 11) is 0. The zero-order chi connectivity index (χ0) is 11.9. The Morgan fingerprint density at radius 3 is 2.59 bits per heavy atom. The minimum atomic E-state index is 0.754. The molecule has 0 fully saturated rings. The number of unbranched alkanes of at least 4 members (excludes halogenated alkanes) is 1. The van der Waals surface area contributed by atoms with Gasteiger partial charge in [0.05, 0.1) is 0 Å². The van der Waals surface area contributed by atoms with E-state index in [4.69, 9.17) is 5.26 Å². The molecular formula is C15H16N2. The van der Waals surface area contributed by atoms with Gasteiger partial charge in [-0.05, 0) is 37.0 Å². The molecule has 0 aliphatic heterocycles. The average molecular weight is 224 g/mol. The van der Waals surface area contributed by atoms with Gasteiger partial charge in [0, 0.05) is 12.7 Å². The number of aromatic nitrogens is 1. The van der Waals surface area contributed by atoms with E-state index in [1.165, 1.54) is 5.56 Å². The zero-order valence-corrected chi connectivity index (χ0v) is 9.84. The van der Waals surface area contributed by atoms with Gasteiger partial charge >= 0.3 is 0 Å². The van der Waals surface area contributed by atoms with E-state index < -0.39 is 0 Å². The molecule has 0 bridgehead atoms. The minimum Gasteiger partial charge on any atom is -0.339 e. The molecule has 0 radical (unpaired) electrons. The fraction of sp³-hybridized carbons (Fsp3) is 0.267. The van der Waals surface area contributed by atoms with Crippen LogP contribution in [0.5, 0.6) is 0 Å². The average Bonchev–Trinajstić information content (AvgIpc) is 2.83. The summed E-state index contributed by atoms with van der Waals surface area (Å²) in [6, 6.07) is 16.5. The van der Waals surface area contributed by atoms with Crippen molar-refractivity contribution >= 4 is 0 Å². The molecule has 17 heavy (non-hydrogen) atoms. The highest BCUT2D eigenvalue weighted by Crippen LogP contribution is 2.07. The summed E-state index contributed by atoms with van der Waals surface area (Å²) in [5.74, 6) is 0. The van der Waals surface area contributed by atoms with Crippen molar-refractivity contribution in [2.24, 2.45) is 0 Å². The van der Waals surface area contributed by atoms with Gasteiger partial charge in [0.1, 0.15) is 11.8 Å². The number of hydrogen-bond donors (Lipinski definition) is 0. The van der Waals surface area contributed by atoms with E-state index in [9.17, 15) is 0 Å². The van der Waals surface area contributed by atoms with Crippen LogP contribution < -0.4 is 0 Å². The number of nitrogens with zero attached hydrogens (tertiary/aromatic N) is 2. The quantitative estimate of drug-likeness (QED) is 0.716. The monoisotopic (exact) mass is 224 g/mol. The molecule has 1 aromatic heterocycles. The molecule has 2 heteroatoms. The molecule has 0 N–H and O–H groups in total. The van der Waals surface area contributed by atoms with E-state index >= 15 is 0 Å². The summed E-state index contributed by atoms with van der Waals surface area (Å²) in [4.78, 5) is 0. The van der Waals surface area contributed by atoms with Crippen LogP contribution in [0.25, 0.3) is 0 Å². The topological polar surface area (TPSA) is 28.7 Å². The second-order valence-electron chi connectivity index (χ2n) is 4.14. The molecule has 2 rings (SSSR count). The smallest absolute Gasteiger partial charge is 0.120 e. The fourth-order valence-corrected chi connectivity index (χ4v) is 1.97. The molecule has 0 saturated heterocycles. The van der Waals surface area contributed by atoms with Crippen LogP contribution in [0.1, 0.15) is 24.1 Å². The van der Waals surface area contributed by atoms with Gasteiger partial charge in [-0.1, -0.05) is 30.3 Å². The maximum atomic E-state index is 8.87. The van der Waals surface area contributed by atoms with Gasteiger partial charge in [0.2, 0.25) is 0 Å². The van der Waals surface area contributed by atoms with Crippen molar-refractivity contribution in [1.29, 1.82) is 5.26 Å². The second kappa shape index (κ2) is 5.91. The first-order valence-electron chi connectivity index (χ1n) is 5.99. The zero-order valence-electron chi connectivity index (χ0n) is 9.84. The Labute approximate surface area is 102 Å². The van der Waals surface area contributed by atoms with E-state index in [1.807, 2.05) is 29.0 Å². The number of hydrogen-bond acceptors (Lipinski definition) is 1. The Morgan fingerprint density at radius 1 is 1.00 bits per heavy atom. The number of benzene rings is 1. The molecule has 0 spiro atoms. The maximum Gasteiger partial charge on any atom is 0.120 e. The van der Waals surface area contributed by atoms with Gasteiger partial charge in [0.25, 0.3) is 0 Å². The first kappa shape index (κ1) is 11.5. The van der Waals surface area contributed by atoms with E-state index in [0.29, 0.717) is 0 Å². The van der Waals surface area contributed by atoms with Gasteiger partial charge in [-0.25, -0.2) is 0 Å². The lowest BCUT2D eigenvalue weighted by Crippen LogP contribution is -1.99. The molecule has 0 aliphatic rings. The van der Waals surface area contributed by atoms with Crippen LogP contribution in [-0.4, -0.2) is 4.57 Å². The van der Waals surface area contributed by atoms with Crippen LogP contribution in [-0.2, 0) is 13.0 Å². The molecule has 0 unspecified atom stereocenters. The SMILES string of the molecule is N#Cc1cccn1CCCCc1ccccc1. The van der Waals surface area contributed by atoms with Gasteiger partial charge in [-0.3, -0.25) is 0 Å². The Balaban J connectivity index is 1.76. The summed E-state index contributed by atoms with van der Waals surface area (Å²) in [6.45, 7) is 0.933. The molecule has 86 valence electrons. The van der Waals surface area contributed by atoms with Crippen molar-refractivity contribution in [2.45, 2.75) is 25.8 Å². The predicted octanol–water partition coefficient (Wildman–Crippen LogP) is 3.38. The van der Waals surface area contributed by atoms with Gasteiger partial charge in [0.15, 0.2) is 0 Å². The lowest BCUT2D eigenvalue weighted by atomic mass is 10.1. The summed E-state index contributed by atoms with van der Waals surface area (Å²) in [5, 5.41) is 8.87. The number of aryl methyl sites for hydroxylation is 2. The van der Waals surface area contributed by atoms with Crippen molar-refractivity contribution in [1.82, 2.24) is 4.57 Å². The number of nitriles is 1. The van der Waals surface area contributed by atoms with E-state index in [2.05, 4.69) is 30.3 Å². The highest BCUT2D eigenvalue weighted by atomic mass is 15.0. The van der Waals surface area contributed by atoms with Crippen LogP contribution in [0.15, 0.2) is 48.7 Å². The fourth-order valence-electron chi connectivity index (χ4n) is 1.97. The van der Waals surface area contributed by atoms with Crippen molar-refractivity contribution in [3.8, 4) is 6.07 Å². The molecule has 1 aromatic carbocycles. The Morgan fingerprint density at radius 2 is 1.82 bits per heavy atom. The second-order valence-corrected chi connectivity index (χ2v) is 4.14. The van der Waals surface area contributed by atoms with Crippen molar-refractivity contribution < 1.29 is 0 Å². The third kappa shape index (κ3) is 3.22. The number of rotatable bonds is 5. The largest absolute Gasteiger partial charge is 0.339 e. The van der Waals surface area contributed by atoms with Crippen LogP contribution in [0.3, 0.4) is 0 Å². The van der Waals surface area contributed by atoms with Gasteiger partial charge in [-0.2, -0.15) is 5.26 Å². The Bertz CT molecular complexity index is 491. The third-order valence-corrected chi connectivity index (χ3v) is 2.90. The lowest BCUT2D eigenvalue weighted by Gasteiger charge is -2.04. The van der Waals surface area contributed by atoms with Crippen molar-refractivity contribution in [3.63, 3.8) is 0 Å². The van der Waals surface area contributed by atoms with Gasteiger partial charge < -0.3 is 4.57 Å². The van der Waals surface area contributed by atoms with Crippen molar-refractivity contribution in [2.75, 3.05) is 0 Å². The molecule has 0 saturated carbocycles. The van der Waals surface area contributed by atoms with Crippen LogP contribution in [0, 0.1) is 11.3 Å². The summed E-state index contributed by atoms with van der Waals surface area (Å²) in [5.41, 5.74) is 2.14.